The van der Waals surface area contributed by atoms with E-state index in [-0.39, 0.29) is 12.1 Å². The van der Waals surface area contributed by atoms with Gasteiger partial charge in [-0.1, -0.05) is 0 Å². The first-order valence-electron chi connectivity index (χ1n) is 6.41. The van der Waals surface area contributed by atoms with Crippen LogP contribution in [0.25, 0.3) is 0 Å². The van der Waals surface area contributed by atoms with E-state index in [0.717, 1.165) is 18.7 Å². The number of H-pyrrole nitrogens is 1. The van der Waals surface area contributed by atoms with Crippen molar-refractivity contribution >= 4 is 10.0 Å². The maximum Gasteiger partial charge on any atom is 0.211 e. The standard InChI is InChI=1S/C11H18N4O3S/c1-18-8-5-9(15(6-8)19(2,16)17)11-12-10(13-14-11)7-3-4-7/h7-9H,3-6H2,1-2H3,(H,12,13,14)/t8-,9+/m1/s1. The fourth-order valence-corrected chi connectivity index (χ4v) is 3.60. The molecule has 2 atom stereocenters. The lowest BCUT2D eigenvalue weighted by atomic mass is 10.2. The maximum absolute atomic E-state index is 11.8. The van der Waals surface area contributed by atoms with Gasteiger partial charge in [0, 0.05) is 19.6 Å². The predicted octanol–water partition coefficient (Wildman–Crippen LogP) is 0.404. The molecular formula is C11H18N4O3S. The molecule has 1 aliphatic carbocycles. The van der Waals surface area contributed by atoms with Crippen LogP contribution in [-0.2, 0) is 14.8 Å². The highest BCUT2D eigenvalue weighted by Crippen LogP contribution is 2.39. The van der Waals surface area contributed by atoms with Crippen molar-refractivity contribution in [3.63, 3.8) is 0 Å². The van der Waals surface area contributed by atoms with Gasteiger partial charge in [-0.25, -0.2) is 13.4 Å². The Labute approximate surface area is 112 Å². The Morgan fingerprint density at radius 3 is 2.74 bits per heavy atom. The molecule has 0 unspecified atom stereocenters. The van der Waals surface area contributed by atoms with Crippen LogP contribution in [0.3, 0.4) is 0 Å². The summed E-state index contributed by atoms with van der Waals surface area (Å²) in [5.74, 6) is 1.90. The van der Waals surface area contributed by atoms with Gasteiger partial charge >= 0.3 is 0 Å². The minimum absolute atomic E-state index is 0.0887. The van der Waals surface area contributed by atoms with Crippen LogP contribution in [0.2, 0.25) is 0 Å². The molecule has 1 saturated heterocycles. The average molecular weight is 286 g/mol. The van der Waals surface area contributed by atoms with Crippen molar-refractivity contribution in [1.29, 1.82) is 0 Å². The van der Waals surface area contributed by atoms with Gasteiger partial charge in [-0.3, -0.25) is 5.10 Å². The molecule has 1 aromatic rings. The summed E-state index contributed by atoms with van der Waals surface area (Å²) < 4.78 is 30.4. The first kappa shape index (κ1) is 13.0. The van der Waals surface area contributed by atoms with Gasteiger partial charge in [0.25, 0.3) is 0 Å². The van der Waals surface area contributed by atoms with E-state index in [1.807, 2.05) is 0 Å². The third-order valence-corrected chi connectivity index (χ3v) is 5.01. The number of ether oxygens (including phenoxy) is 1. The van der Waals surface area contributed by atoms with Gasteiger partial charge in [-0.2, -0.15) is 9.40 Å². The SMILES string of the molecule is CO[C@@H]1C[C@@H](c2nc(C3CC3)n[nH]2)N(S(C)(=O)=O)C1. The number of sulfonamides is 1. The summed E-state index contributed by atoms with van der Waals surface area (Å²) >= 11 is 0. The second-order valence-electron chi connectivity index (χ2n) is 5.30. The average Bonchev–Trinajstić information content (AvgIpc) is 2.93. The van der Waals surface area contributed by atoms with E-state index in [4.69, 9.17) is 4.74 Å². The molecule has 0 spiro atoms. The number of rotatable bonds is 4. The number of nitrogens with zero attached hydrogens (tertiary/aromatic N) is 3. The zero-order valence-corrected chi connectivity index (χ0v) is 11.9. The molecule has 8 heteroatoms. The highest BCUT2D eigenvalue weighted by atomic mass is 32.2. The summed E-state index contributed by atoms with van der Waals surface area (Å²) in [6.07, 6.45) is 3.99. The van der Waals surface area contributed by atoms with Gasteiger partial charge in [-0.05, 0) is 19.3 Å². The van der Waals surface area contributed by atoms with Crippen molar-refractivity contribution in [2.75, 3.05) is 19.9 Å². The molecule has 7 nitrogen and oxygen atoms in total. The van der Waals surface area contributed by atoms with Crippen molar-refractivity contribution in [2.24, 2.45) is 0 Å². The second kappa shape index (κ2) is 4.53. The Morgan fingerprint density at radius 1 is 1.42 bits per heavy atom. The molecule has 106 valence electrons. The van der Waals surface area contributed by atoms with Crippen molar-refractivity contribution in [1.82, 2.24) is 19.5 Å². The zero-order valence-electron chi connectivity index (χ0n) is 11.0. The maximum atomic E-state index is 11.8. The molecule has 3 rings (SSSR count). The van der Waals surface area contributed by atoms with Crippen LogP contribution in [0.5, 0.6) is 0 Å². The van der Waals surface area contributed by atoms with Gasteiger partial charge in [-0.15, -0.1) is 0 Å². The van der Waals surface area contributed by atoms with Gasteiger partial charge in [0.05, 0.1) is 18.4 Å². The molecule has 0 aromatic carbocycles. The molecule has 19 heavy (non-hydrogen) atoms. The molecule has 2 heterocycles. The monoisotopic (exact) mass is 286 g/mol. The van der Waals surface area contributed by atoms with Crippen LogP contribution in [0.15, 0.2) is 0 Å². The van der Waals surface area contributed by atoms with E-state index in [1.54, 1.807) is 7.11 Å². The summed E-state index contributed by atoms with van der Waals surface area (Å²) in [6.45, 7) is 0.374. The van der Waals surface area contributed by atoms with Crippen molar-refractivity contribution in [2.45, 2.75) is 37.3 Å². The Balaban J connectivity index is 1.87. The first-order valence-corrected chi connectivity index (χ1v) is 8.25. The van der Waals surface area contributed by atoms with Crippen LogP contribution >= 0.6 is 0 Å². The molecule has 0 radical (unpaired) electrons. The minimum atomic E-state index is -3.27. The minimum Gasteiger partial charge on any atom is -0.380 e. The fraction of sp³-hybridized carbons (Fsp3) is 0.818. The molecule has 0 bridgehead atoms. The van der Waals surface area contributed by atoms with E-state index in [2.05, 4.69) is 15.2 Å². The summed E-state index contributed by atoms with van der Waals surface area (Å²) in [4.78, 5) is 4.46. The van der Waals surface area contributed by atoms with Gasteiger partial charge in [0.2, 0.25) is 10.0 Å². The smallest absolute Gasteiger partial charge is 0.211 e. The molecule has 1 saturated carbocycles. The lowest BCUT2D eigenvalue weighted by Crippen LogP contribution is -2.31. The summed E-state index contributed by atoms with van der Waals surface area (Å²) in [7, 11) is -1.67. The predicted molar refractivity (Wildman–Crippen MR) is 68.1 cm³/mol. The number of nitrogens with one attached hydrogen (secondary N) is 1. The number of methoxy groups -OCH3 is 1. The van der Waals surface area contributed by atoms with E-state index in [9.17, 15) is 8.42 Å². The normalized spacial score (nSPS) is 28.9. The van der Waals surface area contributed by atoms with E-state index in [0.29, 0.717) is 24.7 Å². The van der Waals surface area contributed by atoms with E-state index < -0.39 is 10.0 Å². The molecule has 1 aromatic heterocycles. The van der Waals surface area contributed by atoms with Gasteiger partial charge in [0.1, 0.15) is 5.82 Å². The largest absolute Gasteiger partial charge is 0.380 e. The third-order valence-electron chi connectivity index (χ3n) is 3.75. The molecule has 0 amide bonds. The summed E-state index contributed by atoms with van der Waals surface area (Å²) in [5, 5.41) is 7.08. The third kappa shape index (κ3) is 2.52. The van der Waals surface area contributed by atoms with Crippen LogP contribution < -0.4 is 0 Å². The molecular weight excluding hydrogens is 268 g/mol. The topological polar surface area (TPSA) is 88.2 Å². The number of aromatic amines is 1. The quantitative estimate of drug-likeness (QED) is 0.865. The van der Waals surface area contributed by atoms with E-state index in [1.165, 1.54) is 10.6 Å². The summed E-state index contributed by atoms with van der Waals surface area (Å²) in [5.41, 5.74) is 0. The molecule has 2 aliphatic rings. The Bertz CT molecular complexity index is 566. The number of hydrogen-bond acceptors (Lipinski definition) is 5. The van der Waals surface area contributed by atoms with E-state index >= 15 is 0 Å². The zero-order chi connectivity index (χ0) is 13.6. The molecule has 1 aliphatic heterocycles. The van der Waals surface area contributed by atoms with Crippen molar-refractivity contribution in [3.8, 4) is 0 Å². The second-order valence-corrected chi connectivity index (χ2v) is 7.23. The van der Waals surface area contributed by atoms with Crippen molar-refractivity contribution < 1.29 is 13.2 Å². The fourth-order valence-electron chi connectivity index (χ4n) is 2.52. The van der Waals surface area contributed by atoms with Crippen LogP contribution in [-0.4, -0.2) is 53.9 Å². The Hall–Kier alpha value is -0.990. The number of aromatic nitrogens is 3. The highest BCUT2D eigenvalue weighted by Gasteiger charge is 2.41. The first-order chi connectivity index (χ1) is 8.99. The molecule has 2 fully saturated rings. The van der Waals surface area contributed by atoms with Crippen LogP contribution in [0.1, 0.15) is 42.9 Å². The van der Waals surface area contributed by atoms with Crippen molar-refractivity contribution in [3.05, 3.63) is 11.6 Å². The lowest BCUT2D eigenvalue weighted by Gasteiger charge is -2.19. The Kier molecular flexibility index (Phi) is 3.11. The Morgan fingerprint density at radius 2 is 2.16 bits per heavy atom. The highest BCUT2D eigenvalue weighted by molar-refractivity contribution is 7.88. The summed E-state index contributed by atoms with van der Waals surface area (Å²) in [6, 6.07) is -0.292. The number of hydrogen-bond donors (Lipinski definition) is 1. The molecule has 1 N–H and O–H groups in total. The van der Waals surface area contributed by atoms with Gasteiger partial charge < -0.3 is 4.74 Å². The van der Waals surface area contributed by atoms with Crippen LogP contribution in [0, 0.1) is 0 Å². The lowest BCUT2D eigenvalue weighted by molar-refractivity contribution is 0.114. The van der Waals surface area contributed by atoms with Crippen LogP contribution in [0.4, 0.5) is 0 Å². The van der Waals surface area contributed by atoms with Gasteiger partial charge in [0.15, 0.2) is 5.82 Å².